The molecule has 19 heavy (non-hydrogen) atoms. The molecule has 2 aromatic carbocycles. The van der Waals surface area contributed by atoms with Crippen LogP contribution < -0.4 is 4.74 Å². The topological polar surface area (TPSA) is 46.5 Å². The van der Waals surface area contributed by atoms with Crippen LogP contribution in [0.25, 0.3) is 11.1 Å². The minimum Gasteiger partial charge on any atom is -0.497 e. The van der Waals surface area contributed by atoms with Crippen molar-refractivity contribution in [3.8, 4) is 16.9 Å². The van der Waals surface area contributed by atoms with E-state index in [1.807, 2.05) is 31.2 Å². The van der Waals surface area contributed by atoms with Gasteiger partial charge in [-0.25, -0.2) is 4.79 Å². The first-order chi connectivity index (χ1) is 9.02. The Morgan fingerprint density at radius 3 is 2.53 bits per heavy atom. The summed E-state index contributed by atoms with van der Waals surface area (Å²) in [5.41, 5.74) is 3.17. The predicted octanol–water partition coefficient (Wildman–Crippen LogP) is 4.13. The molecule has 0 spiro atoms. The molecular formula is C15H13BrO3. The summed E-state index contributed by atoms with van der Waals surface area (Å²) in [6, 6.07) is 11.0. The molecule has 2 aromatic rings. The minimum atomic E-state index is -0.945. The number of halogens is 1. The van der Waals surface area contributed by atoms with Crippen molar-refractivity contribution in [2.24, 2.45) is 0 Å². The van der Waals surface area contributed by atoms with Gasteiger partial charge in [0.05, 0.1) is 12.7 Å². The number of aromatic carboxylic acids is 1. The van der Waals surface area contributed by atoms with E-state index in [0.717, 1.165) is 22.4 Å². The van der Waals surface area contributed by atoms with E-state index in [4.69, 9.17) is 9.84 Å². The molecule has 0 aliphatic heterocycles. The standard InChI is InChI=1S/C15H13BrO3/c1-9-7-11(19-2)4-5-12(9)10-3-6-14(16)13(8-10)15(17)18/h3-8H,1-2H3,(H,17,18). The van der Waals surface area contributed by atoms with Crippen molar-refractivity contribution in [1.82, 2.24) is 0 Å². The number of carboxylic acid groups (broad SMARTS) is 1. The molecule has 2 rings (SSSR count). The highest BCUT2D eigenvalue weighted by Gasteiger charge is 2.11. The van der Waals surface area contributed by atoms with Crippen molar-refractivity contribution in [3.63, 3.8) is 0 Å². The Hall–Kier alpha value is -1.81. The van der Waals surface area contributed by atoms with Crippen molar-refractivity contribution >= 4 is 21.9 Å². The van der Waals surface area contributed by atoms with E-state index in [9.17, 15) is 4.79 Å². The third-order valence-electron chi connectivity index (χ3n) is 2.94. The number of rotatable bonds is 3. The number of methoxy groups -OCH3 is 1. The molecular weight excluding hydrogens is 308 g/mol. The lowest BCUT2D eigenvalue weighted by Crippen LogP contribution is -1.98. The number of ether oxygens (including phenoxy) is 1. The maximum absolute atomic E-state index is 11.1. The number of carboxylic acids is 1. The highest BCUT2D eigenvalue weighted by Crippen LogP contribution is 2.29. The van der Waals surface area contributed by atoms with E-state index in [0.29, 0.717) is 4.47 Å². The highest BCUT2D eigenvalue weighted by molar-refractivity contribution is 9.10. The van der Waals surface area contributed by atoms with E-state index in [1.54, 1.807) is 19.2 Å². The Morgan fingerprint density at radius 1 is 1.21 bits per heavy atom. The Kier molecular flexibility index (Phi) is 3.90. The van der Waals surface area contributed by atoms with Crippen molar-refractivity contribution in [2.45, 2.75) is 6.92 Å². The second-order valence-electron chi connectivity index (χ2n) is 4.18. The maximum Gasteiger partial charge on any atom is 0.336 e. The fourth-order valence-corrected chi connectivity index (χ4v) is 2.36. The van der Waals surface area contributed by atoms with Crippen molar-refractivity contribution in [3.05, 3.63) is 52.0 Å². The zero-order valence-corrected chi connectivity index (χ0v) is 12.2. The van der Waals surface area contributed by atoms with Crippen LogP contribution in [-0.4, -0.2) is 18.2 Å². The lowest BCUT2D eigenvalue weighted by atomic mass is 9.98. The molecule has 0 saturated heterocycles. The molecule has 0 amide bonds. The van der Waals surface area contributed by atoms with Gasteiger partial charge in [0.25, 0.3) is 0 Å². The summed E-state index contributed by atoms with van der Waals surface area (Å²) in [6.07, 6.45) is 0. The summed E-state index contributed by atoms with van der Waals surface area (Å²) in [5.74, 6) is -0.156. The molecule has 0 bridgehead atoms. The first-order valence-electron chi connectivity index (χ1n) is 5.71. The van der Waals surface area contributed by atoms with Gasteiger partial charge in [0.15, 0.2) is 0 Å². The largest absolute Gasteiger partial charge is 0.497 e. The van der Waals surface area contributed by atoms with Crippen LogP contribution in [0.4, 0.5) is 0 Å². The van der Waals surface area contributed by atoms with E-state index >= 15 is 0 Å². The van der Waals surface area contributed by atoms with E-state index in [-0.39, 0.29) is 5.56 Å². The van der Waals surface area contributed by atoms with Crippen LogP contribution in [0.15, 0.2) is 40.9 Å². The average Bonchev–Trinajstić information content (AvgIpc) is 2.39. The molecule has 1 N–H and O–H groups in total. The molecule has 0 saturated carbocycles. The van der Waals surface area contributed by atoms with Crippen molar-refractivity contribution in [2.75, 3.05) is 7.11 Å². The Morgan fingerprint density at radius 2 is 1.95 bits per heavy atom. The first-order valence-corrected chi connectivity index (χ1v) is 6.50. The summed E-state index contributed by atoms with van der Waals surface area (Å²) < 4.78 is 5.74. The van der Waals surface area contributed by atoms with Crippen LogP contribution in [0.5, 0.6) is 5.75 Å². The predicted molar refractivity (Wildman–Crippen MR) is 77.8 cm³/mol. The molecule has 0 heterocycles. The van der Waals surface area contributed by atoms with Gasteiger partial charge in [-0.2, -0.15) is 0 Å². The number of hydrogen-bond acceptors (Lipinski definition) is 2. The van der Waals surface area contributed by atoms with Crippen LogP contribution in [0.2, 0.25) is 0 Å². The normalized spacial score (nSPS) is 10.3. The third kappa shape index (κ3) is 2.79. The quantitative estimate of drug-likeness (QED) is 0.924. The summed E-state index contributed by atoms with van der Waals surface area (Å²) in [5, 5.41) is 9.14. The lowest BCUT2D eigenvalue weighted by Gasteiger charge is -2.10. The smallest absolute Gasteiger partial charge is 0.336 e. The molecule has 0 radical (unpaired) electrons. The molecule has 0 aromatic heterocycles. The number of aryl methyl sites for hydroxylation is 1. The van der Waals surface area contributed by atoms with Crippen molar-refractivity contribution < 1.29 is 14.6 Å². The first kappa shape index (κ1) is 13.6. The molecule has 3 nitrogen and oxygen atoms in total. The molecule has 0 aliphatic carbocycles. The highest BCUT2D eigenvalue weighted by atomic mass is 79.9. The van der Waals surface area contributed by atoms with E-state index < -0.39 is 5.97 Å². The van der Waals surface area contributed by atoms with Crippen molar-refractivity contribution in [1.29, 1.82) is 0 Å². The number of carbonyl (C=O) groups is 1. The summed E-state index contributed by atoms with van der Waals surface area (Å²) in [4.78, 5) is 11.1. The van der Waals surface area contributed by atoms with Gasteiger partial charge in [-0.15, -0.1) is 0 Å². The van der Waals surface area contributed by atoms with Crippen LogP contribution >= 0.6 is 15.9 Å². The zero-order valence-electron chi connectivity index (χ0n) is 10.6. The summed E-state index contributed by atoms with van der Waals surface area (Å²) >= 11 is 3.24. The maximum atomic E-state index is 11.1. The van der Waals surface area contributed by atoms with Gasteiger partial charge in [0, 0.05) is 4.47 Å². The molecule has 0 fully saturated rings. The monoisotopic (exact) mass is 320 g/mol. The molecule has 0 unspecified atom stereocenters. The Balaban J connectivity index is 2.53. The fraction of sp³-hybridized carbons (Fsp3) is 0.133. The number of benzene rings is 2. The molecule has 98 valence electrons. The van der Waals surface area contributed by atoms with Crippen LogP contribution in [-0.2, 0) is 0 Å². The molecule has 4 heteroatoms. The van der Waals surface area contributed by atoms with Gasteiger partial charge in [-0.3, -0.25) is 0 Å². The fourth-order valence-electron chi connectivity index (χ4n) is 1.94. The van der Waals surface area contributed by atoms with Gasteiger partial charge >= 0.3 is 5.97 Å². The second-order valence-corrected chi connectivity index (χ2v) is 5.03. The summed E-state index contributed by atoms with van der Waals surface area (Å²) in [6.45, 7) is 1.97. The van der Waals surface area contributed by atoms with Crippen LogP contribution in [0.1, 0.15) is 15.9 Å². The van der Waals surface area contributed by atoms with Gasteiger partial charge in [0.2, 0.25) is 0 Å². The SMILES string of the molecule is COc1ccc(-c2ccc(Br)c(C(=O)O)c2)c(C)c1. The second kappa shape index (κ2) is 5.45. The van der Waals surface area contributed by atoms with Gasteiger partial charge in [0.1, 0.15) is 5.75 Å². The van der Waals surface area contributed by atoms with E-state index in [2.05, 4.69) is 15.9 Å². The lowest BCUT2D eigenvalue weighted by molar-refractivity contribution is 0.0696. The molecule has 0 aliphatic rings. The third-order valence-corrected chi connectivity index (χ3v) is 3.63. The summed E-state index contributed by atoms with van der Waals surface area (Å²) in [7, 11) is 1.62. The van der Waals surface area contributed by atoms with Gasteiger partial charge in [-0.1, -0.05) is 12.1 Å². The van der Waals surface area contributed by atoms with Gasteiger partial charge < -0.3 is 9.84 Å². The average molecular weight is 321 g/mol. The zero-order chi connectivity index (χ0) is 14.0. The van der Waals surface area contributed by atoms with Gasteiger partial charge in [-0.05, 0) is 63.8 Å². The number of hydrogen-bond donors (Lipinski definition) is 1. The molecule has 0 atom stereocenters. The minimum absolute atomic E-state index is 0.257. The Labute approximate surface area is 120 Å². The van der Waals surface area contributed by atoms with Crippen LogP contribution in [0.3, 0.4) is 0 Å². The van der Waals surface area contributed by atoms with E-state index in [1.165, 1.54) is 0 Å². The Bertz CT molecular complexity index is 635. The van der Waals surface area contributed by atoms with Crippen LogP contribution in [0, 0.1) is 6.92 Å².